The first-order valence-electron chi connectivity index (χ1n) is 10.3. The monoisotopic (exact) mass is 442 g/mol. The Morgan fingerprint density at radius 2 is 1.97 bits per heavy atom. The van der Waals surface area contributed by atoms with Gasteiger partial charge in [-0.25, -0.2) is 18.7 Å². The van der Waals surface area contributed by atoms with E-state index in [-0.39, 0.29) is 22.8 Å². The van der Waals surface area contributed by atoms with E-state index in [1.54, 1.807) is 31.1 Å². The molecule has 0 spiro atoms. The number of carbonyl (C=O) groups excluding carboxylic acids is 1. The largest absolute Gasteiger partial charge is 0.374 e. The topological polar surface area (TPSA) is 64.6 Å². The van der Waals surface area contributed by atoms with E-state index in [2.05, 4.69) is 31.0 Å². The van der Waals surface area contributed by atoms with Crippen LogP contribution in [0.25, 0.3) is 0 Å². The molecule has 1 amide bonds. The Hall–Kier alpha value is -3.09. The summed E-state index contributed by atoms with van der Waals surface area (Å²) in [6, 6.07) is 4.58. The van der Waals surface area contributed by atoms with Crippen LogP contribution in [0.2, 0.25) is 0 Å². The number of amides is 1. The molecule has 0 aliphatic carbocycles. The molecule has 2 heterocycles. The van der Waals surface area contributed by atoms with Crippen molar-refractivity contribution in [3.63, 3.8) is 0 Å². The van der Waals surface area contributed by atoms with Gasteiger partial charge >= 0.3 is 0 Å². The van der Waals surface area contributed by atoms with E-state index < -0.39 is 11.8 Å². The molecular weight excluding hydrogens is 414 g/mol. The van der Waals surface area contributed by atoms with E-state index in [9.17, 15) is 13.6 Å². The maximum absolute atomic E-state index is 14.4. The second kappa shape index (κ2) is 9.59. The van der Waals surface area contributed by atoms with Gasteiger partial charge in [0.2, 0.25) is 5.82 Å². The summed E-state index contributed by atoms with van der Waals surface area (Å²) in [5.74, 6) is -1.37. The van der Waals surface area contributed by atoms with Crippen molar-refractivity contribution < 1.29 is 13.6 Å². The molecule has 1 aliphatic rings. The molecular formula is C23H28F2N6O. The van der Waals surface area contributed by atoms with Crippen molar-refractivity contribution in [3.8, 4) is 12.3 Å². The van der Waals surface area contributed by atoms with Gasteiger partial charge in [0.25, 0.3) is 11.8 Å². The molecule has 1 aromatic heterocycles. The predicted octanol–water partition coefficient (Wildman–Crippen LogP) is 2.64. The molecule has 0 bridgehead atoms. The number of halogens is 2. The number of piperazine rings is 1. The number of alkyl halides is 2. The molecule has 1 fully saturated rings. The van der Waals surface area contributed by atoms with Crippen molar-refractivity contribution in [1.82, 2.24) is 19.8 Å². The molecule has 32 heavy (non-hydrogen) atoms. The number of terminal acetylenes is 1. The lowest BCUT2D eigenvalue weighted by molar-refractivity contribution is 0.0155. The number of nitrogens with zero attached hydrogens (tertiary/aromatic N) is 5. The Labute approximate surface area is 187 Å². The van der Waals surface area contributed by atoms with Gasteiger partial charge in [-0.3, -0.25) is 9.69 Å². The Kier molecular flexibility index (Phi) is 7.06. The molecule has 0 radical (unpaired) electrons. The van der Waals surface area contributed by atoms with E-state index in [1.807, 2.05) is 7.05 Å². The third-order valence-electron chi connectivity index (χ3n) is 5.42. The summed E-state index contributed by atoms with van der Waals surface area (Å²) in [7, 11) is 5.62. The number of aromatic nitrogens is 2. The number of rotatable bonds is 6. The molecule has 0 saturated carbocycles. The highest BCUT2D eigenvalue weighted by Gasteiger charge is 2.29. The smallest absolute Gasteiger partial charge is 0.293 e. The highest BCUT2D eigenvalue weighted by Crippen LogP contribution is 2.33. The molecule has 1 aliphatic heterocycles. The Morgan fingerprint density at radius 1 is 1.28 bits per heavy atom. The minimum atomic E-state index is -3.05. The number of hydrogen-bond donors (Lipinski definition) is 1. The van der Waals surface area contributed by atoms with Crippen LogP contribution in [0.15, 0.2) is 24.4 Å². The molecule has 2 aromatic rings. The summed E-state index contributed by atoms with van der Waals surface area (Å²) in [5, 5.41) is 2.61. The van der Waals surface area contributed by atoms with Gasteiger partial charge in [0.05, 0.1) is 11.9 Å². The minimum absolute atomic E-state index is 0.109. The van der Waals surface area contributed by atoms with Gasteiger partial charge < -0.3 is 15.1 Å². The van der Waals surface area contributed by atoms with Crippen LogP contribution < -0.4 is 10.2 Å². The van der Waals surface area contributed by atoms with Crippen LogP contribution >= 0.6 is 0 Å². The number of likely N-dealkylation sites (N-methyl/N-ethyl adjacent to an activating group) is 1. The molecule has 9 heteroatoms. The van der Waals surface area contributed by atoms with Crippen LogP contribution in [0, 0.1) is 12.3 Å². The zero-order valence-electron chi connectivity index (χ0n) is 18.8. The fourth-order valence-electron chi connectivity index (χ4n) is 3.55. The lowest BCUT2D eigenvalue weighted by Crippen LogP contribution is -2.44. The normalized spacial score (nSPS) is 15.3. The first-order valence-corrected chi connectivity index (χ1v) is 10.3. The van der Waals surface area contributed by atoms with Gasteiger partial charge in [0.15, 0.2) is 0 Å². The van der Waals surface area contributed by atoms with E-state index in [1.165, 1.54) is 12.3 Å². The highest BCUT2D eigenvalue weighted by atomic mass is 19.3. The molecule has 1 N–H and O–H groups in total. The van der Waals surface area contributed by atoms with E-state index in [0.29, 0.717) is 17.8 Å². The summed E-state index contributed by atoms with van der Waals surface area (Å²) in [5.41, 5.74) is 1.56. The lowest BCUT2D eigenvalue weighted by Gasteiger charge is -2.33. The maximum atomic E-state index is 14.4. The minimum Gasteiger partial charge on any atom is -0.374 e. The molecule has 170 valence electrons. The summed E-state index contributed by atoms with van der Waals surface area (Å²) in [6.07, 6.45) is 6.95. The van der Waals surface area contributed by atoms with Gasteiger partial charge in [-0.1, -0.05) is 6.07 Å². The zero-order valence-corrected chi connectivity index (χ0v) is 18.8. The van der Waals surface area contributed by atoms with Crippen LogP contribution in [0.4, 0.5) is 20.2 Å². The fourth-order valence-corrected chi connectivity index (χ4v) is 3.55. The SMILES string of the molecule is C#Cc1nc(C(=O)Nc2ccc(CN3CCN(C)CC3)c(C(C)(F)F)c2)ncc1N(C)C. The quantitative estimate of drug-likeness (QED) is 0.694. The first-order chi connectivity index (χ1) is 15.1. The van der Waals surface area contributed by atoms with E-state index >= 15 is 0 Å². The third-order valence-corrected chi connectivity index (χ3v) is 5.42. The summed E-state index contributed by atoms with van der Waals surface area (Å²) in [6.45, 7) is 4.74. The molecule has 3 rings (SSSR count). The van der Waals surface area contributed by atoms with Crippen molar-refractivity contribution in [2.24, 2.45) is 0 Å². The first kappa shape index (κ1) is 23.6. The highest BCUT2D eigenvalue weighted by molar-refractivity contribution is 6.01. The van der Waals surface area contributed by atoms with Crippen molar-refractivity contribution in [1.29, 1.82) is 0 Å². The van der Waals surface area contributed by atoms with Crippen LogP contribution in [-0.2, 0) is 12.5 Å². The lowest BCUT2D eigenvalue weighted by atomic mass is 10.0. The Bertz CT molecular complexity index is 1020. The number of nitrogens with one attached hydrogen (secondary N) is 1. The van der Waals surface area contributed by atoms with E-state index in [4.69, 9.17) is 6.42 Å². The van der Waals surface area contributed by atoms with Crippen molar-refractivity contribution in [2.75, 3.05) is 57.5 Å². The predicted molar refractivity (Wildman–Crippen MR) is 121 cm³/mol. The second-order valence-electron chi connectivity index (χ2n) is 8.26. The number of anilines is 2. The molecule has 0 atom stereocenters. The van der Waals surface area contributed by atoms with Gasteiger partial charge in [-0.2, -0.15) is 0 Å². The van der Waals surface area contributed by atoms with Crippen LogP contribution in [0.5, 0.6) is 0 Å². The Morgan fingerprint density at radius 3 is 2.56 bits per heavy atom. The van der Waals surface area contributed by atoms with Crippen LogP contribution in [0.3, 0.4) is 0 Å². The molecule has 1 aromatic carbocycles. The average Bonchev–Trinajstić information content (AvgIpc) is 2.75. The fraction of sp³-hybridized carbons (Fsp3) is 0.435. The Balaban J connectivity index is 1.81. The molecule has 1 saturated heterocycles. The maximum Gasteiger partial charge on any atom is 0.293 e. The number of benzene rings is 1. The van der Waals surface area contributed by atoms with Crippen molar-refractivity contribution in [2.45, 2.75) is 19.4 Å². The third kappa shape index (κ3) is 5.58. The number of carbonyl (C=O) groups is 1. The van der Waals surface area contributed by atoms with Gasteiger partial charge in [-0.15, -0.1) is 6.42 Å². The van der Waals surface area contributed by atoms with Crippen molar-refractivity contribution in [3.05, 3.63) is 47.0 Å². The van der Waals surface area contributed by atoms with Crippen molar-refractivity contribution >= 4 is 17.3 Å². The average molecular weight is 443 g/mol. The zero-order chi connectivity index (χ0) is 23.5. The van der Waals surface area contributed by atoms with Gasteiger partial charge in [0, 0.05) is 65.0 Å². The van der Waals surface area contributed by atoms with E-state index in [0.717, 1.165) is 33.1 Å². The number of hydrogen-bond acceptors (Lipinski definition) is 6. The summed E-state index contributed by atoms with van der Waals surface area (Å²) in [4.78, 5) is 26.9. The van der Waals surface area contributed by atoms with Crippen LogP contribution in [0.1, 0.15) is 34.4 Å². The molecule has 7 nitrogen and oxygen atoms in total. The summed E-state index contributed by atoms with van der Waals surface area (Å²) < 4.78 is 28.8. The summed E-state index contributed by atoms with van der Waals surface area (Å²) >= 11 is 0. The standard InChI is InChI=1S/C23H28F2N6O/c1-6-19-20(29(3)4)14-26-21(28-19)22(32)27-17-8-7-16(18(13-17)23(2,24)25)15-31-11-9-30(5)10-12-31/h1,7-8,13-14H,9-12,15H2,2-5H3,(H,27,32). The van der Waals surface area contributed by atoms with Gasteiger partial charge in [-0.05, 0) is 30.7 Å². The second-order valence-corrected chi connectivity index (χ2v) is 8.26. The van der Waals surface area contributed by atoms with Crippen LogP contribution in [-0.4, -0.2) is 73.0 Å². The molecule has 0 unspecified atom stereocenters. The van der Waals surface area contributed by atoms with Gasteiger partial charge in [0.1, 0.15) is 5.69 Å².